The number of unbranched alkanes of at least 4 members (excludes halogenated alkanes) is 1. The summed E-state index contributed by atoms with van der Waals surface area (Å²) >= 11 is 6.06. The highest BCUT2D eigenvalue weighted by Crippen LogP contribution is 2.34. The van der Waals surface area contributed by atoms with Crippen LogP contribution in [0, 0.1) is 5.82 Å². The van der Waals surface area contributed by atoms with Gasteiger partial charge in [-0.2, -0.15) is 0 Å². The molecule has 2 aromatic rings. The molecular weight excluding hydrogens is 383 g/mol. The number of ether oxygens (including phenoxy) is 1. The van der Waals surface area contributed by atoms with E-state index in [1.807, 2.05) is 6.92 Å². The highest BCUT2D eigenvalue weighted by atomic mass is 35.5. The summed E-state index contributed by atoms with van der Waals surface area (Å²) in [6, 6.07) is 12.2. The second-order valence-electron chi connectivity index (χ2n) is 6.68. The topological polar surface area (TPSA) is 58.6 Å². The van der Waals surface area contributed by atoms with Crippen LogP contribution < -0.4 is 10.1 Å². The summed E-state index contributed by atoms with van der Waals surface area (Å²) in [4.78, 5) is 26.9. The average Bonchev–Trinajstić information content (AvgIpc) is 2.93. The lowest BCUT2D eigenvalue weighted by molar-refractivity contribution is -0.132. The van der Waals surface area contributed by atoms with Crippen LogP contribution in [0.5, 0.6) is 5.75 Å². The van der Waals surface area contributed by atoms with Crippen molar-refractivity contribution in [3.63, 3.8) is 0 Å². The lowest BCUT2D eigenvalue weighted by Gasteiger charge is -2.27. The van der Waals surface area contributed by atoms with E-state index in [-0.39, 0.29) is 19.1 Å². The second-order valence-corrected chi connectivity index (χ2v) is 7.09. The molecule has 0 saturated carbocycles. The van der Waals surface area contributed by atoms with Gasteiger partial charge in [-0.15, -0.1) is 0 Å². The van der Waals surface area contributed by atoms with Crippen LogP contribution in [0.1, 0.15) is 31.7 Å². The fraction of sp³-hybridized carbons (Fsp3) is 0.333. The first-order chi connectivity index (χ1) is 13.5. The first-order valence-corrected chi connectivity index (χ1v) is 9.63. The van der Waals surface area contributed by atoms with Crippen LogP contribution >= 0.6 is 11.6 Å². The number of halogens is 2. The van der Waals surface area contributed by atoms with Crippen molar-refractivity contribution in [3.05, 3.63) is 64.9 Å². The van der Waals surface area contributed by atoms with Gasteiger partial charge in [0.25, 0.3) is 5.91 Å². The first kappa shape index (κ1) is 20.1. The van der Waals surface area contributed by atoms with Gasteiger partial charge in [0.15, 0.2) is 0 Å². The second kappa shape index (κ2) is 8.61. The normalized spacial score (nSPS) is 19.0. The van der Waals surface area contributed by atoms with E-state index in [1.54, 1.807) is 36.4 Å². The molecule has 3 amide bonds. The molecule has 2 aromatic carbocycles. The first-order valence-electron chi connectivity index (χ1n) is 9.25. The standard InChI is InChI=1S/C21H22ClFN2O3/c1-2-3-12-21(15-8-10-16(23)11-9-15)19(26)25(20(27)24-21)13-14-28-18-7-5-4-6-17(18)22/h4-11H,2-3,12-14H2,1H3,(H,24,27)/t21-/m1/s1. The molecule has 1 N–H and O–H groups in total. The molecule has 0 radical (unpaired) electrons. The van der Waals surface area contributed by atoms with E-state index in [2.05, 4.69) is 5.32 Å². The molecule has 148 valence electrons. The van der Waals surface area contributed by atoms with Gasteiger partial charge in [-0.25, -0.2) is 9.18 Å². The molecule has 1 saturated heterocycles. The third-order valence-corrected chi connectivity index (χ3v) is 5.14. The van der Waals surface area contributed by atoms with Crippen molar-refractivity contribution in [2.75, 3.05) is 13.2 Å². The van der Waals surface area contributed by atoms with Crippen molar-refractivity contribution in [2.45, 2.75) is 31.7 Å². The van der Waals surface area contributed by atoms with Crippen LogP contribution in [0.2, 0.25) is 5.02 Å². The molecule has 28 heavy (non-hydrogen) atoms. The van der Waals surface area contributed by atoms with E-state index in [0.717, 1.165) is 17.7 Å². The Hall–Kier alpha value is -2.60. The molecular formula is C21H22ClFN2O3. The van der Waals surface area contributed by atoms with Crippen molar-refractivity contribution in [3.8, 4) is 5.75 Å². The van der Waals surface area contributed by atoms with E-state index in [1.165, 1.54) is 12.1 Å². The Morgan fingerprint density at radius 3 is 2.54 bits per heavy atom. The maximum absolute atomic E-state index is 13.4. The minimum Gasteiger partial charge on any atom is -0.490 e. The lowest BCUT2D eigenvalue weighted by atomic mass is 9.85. The maximum Gasteiger partial charge on any atom is 0.325 e. The SMILES string of the molecule is CCCC[C@]1(c2ccc(F)cc2)NC(=O)N(CCOc2ccccc2Cl)C1=O. The Kier molecular flexibility index (Phi) is 6.19. The zero-order valence-electron chi connectivity index (χ0n) is 15.6. The van der Waals surface area contributed by atoms with Crippen molar-refractivity contribution in [1.29, 1.82) is 0 Å². The van der Waals surface area contributed by atoms with Gasteiger partial charge >= 0.3 is 6.03 Å². The Bertz CT molecular complexity index is 859. The summed E-state index contributed by atoms with van der Waals surface area (Å²) in [5, 5.41) is 3.29. The molecule has 0 aliphatic carbocycles. The van der Waals surface area contributed by atoms with Gasteiger partial charge < -0.3 is 10.1 Å². The summed E-state index contributed by atoms with van der Waals surface area (Å²) < 4.78 is 19.0. The van der Waals surface area contributed by atoms with E-state index in [0.29, 0.717) is 22.8 Å². The van der Waals surface area contributed by atoms with Crippen LogP contribution in [0.25, 0.3) is 0 Å². The molecule has 1 fully saturated rings. The molecule has 1 aliphatic heterocycles. The summed E-state index contributed by atoms with van der Waals surface area (Å²) in [5.74, 6) is -0.247. The monoisotopic (exact) mass is 404 g/mol. The highest BCUT2D eigenvalue weighted by molar-refractivity contribution is 6.32. The molecule has 0 bridgehead atoms. The number of benzene rings is 2. The number of hydrogen-bond donors (Lipinski definition) is 1. The third kappa shape index (κ3) is 3.97. The van der Waals surface area contributed by atoms with E-state index in [9.17, 15) is 14.0 Å². The van der Waals surface area contributed by atoms with Gasteiger partial charge in [-0.3, -0.25) is 9.69 Å². The molecule has 7 heteroatoms. The number of para-hydroxylation sites is 1. The number of nitrogens with one attached hydrogen (secondary N) is 1. The fourth-order valence-electron chi connectivity index (χ4n) is 3.32. The van der Waals surface area contributed by atoms with Gasteiger partial charge in [0.05, 0.1) is 11.6 Å². The summed E-state index contributed by atoms with van der Waals surface area (Å²) in [6.07, 6.45) is 2.05. The van der Waals surface area contributed by atoms with Gasteiger partial charge in [0, 0.05) is 0 Å². The molecule has 1 atom stereocenters. The Balaban J connectivity index is 1.77. The predicted octanol–water partition coefficient (Wildman–Crippen LogP) is 4.50. The number of nitrogens with zero attached hydrogens (tertiary/aromatic N) is 1. The van der Waals surface area contributed by atoms with Gasteiger partial charge in [-0.05, 0) is 36.2 Å². The predicted molar refractivity (Wildman–Crippen MR) is 105 cm³/mol. The number of imide groups is 1. The number of carbonyl (C=O) groups excluding carboxylic acids is 2. The van der Waals surface area contributed by atoms with Crippen LogP contribution in [-0.4, -0.2) is 30.0 Å². The van der Waals surface area contributed by atoms with Gasteiger partial charge in [0.1, 0.15) is 23.7 Å². The summed E-state index contributed by atoms with van der Waals surface area (Å²) in [6.45, 7) is 2.22. The number of rotatable bonds is 8. The fourth-order valence-corrected chi connectivity index (χ4v) is 3.51. The maximum atomic E-state index is 13.4. The van der Waals surface area contributed by atoms with Crippen molar-refractivity contribution in [2.24, 2.45) is 0 Å². The van der Waals surface area contributed by atoms with Crippen molar-refractivity contribution < 1.29 is 18.7 Å². The zero-order valence-corrected chi connectivity index (χ0v) is 16.3. The Labute approximate surface area is 168 Å². The van der Waals surface area contributed by atoms with Crippen molar-refractivity contribution >= 4 is 23.5 Å². The van der Waals surface area contributed by atoms with Crippen LogP contribution in [-0.2, 0) is 10.3 Å². The summed E-state index contributed by atoms with van der Waals surface area (Å²) in [5.41, 5.74) is -0.597. The highest BCUT2D eigenvalue weighted by Gasteiger charge is 2.51. The van der Waals surface area contributed by atoms with E-state index < -0.39 is 17.4 Å². The number of amides is 3. The molecule has 1 heterocycles. The van der Waals surface area contributed by atoms with Gasteiger partial charge in [0.2, 0.25) is 0 Å². The van der Waals surface area contributed by atoms with Crippen LogP contribution in [0.15, 0.2) is 48.5 Å². The zero-order chi connectivity index (χ0) is 20.1. The number of carbonyl (C=O) groups is 2. The largest absolute Gasteiger partial charge is 0.490 e. The van der Waals surface area contributed by atoms with E-state index >= 15 is 0 Å². The molecule has 5 nitrogen and oxygen atoms in total. The van der Waals surface area contributed by atoms with Crippen molar-refractivity contribution in [1.82, 2.24) is 10.2 Å². The number of hydrogen-bond acceptors (Lipinski definition) is 3. The molecule has 0 unspecified atom stereocenters. The number of urea groups is 1. The molecule has 0 aromatic heterocycles. The minimum atomic E-state index is -1.18. The molecule has 3 rings (SSSR count). The smallest absolute Gasteiger partial charge is 0.325 e. The van der Waals surface area contributed by atoms with Gasteiger partial charge in [-0.1, -0.05) is 55.6 Å². The summed E-state index contributed by atoms with van der Waals surface area (Å²) in [7, 11) is 0. The van der Waals surface area contributed by atoms with Crippen LogP contribution in [0.4, 0.5) is 9.18 Å². The third-order valence-electron chi connectivity index (χ3n) is 4.83. The minimum absolute atomic E-state index is 0.0883. The average molecular weight is 405 g/mol. The van der Waals surface area contributed by atoms with E-state index in [4.69, 9.17) is 16.3 Å². The Morgan fingerprint density at radius 1 is 1.14 bits per heavy atom. The Morgan fingerprint density at radius 2 is 1.86 bits per heavy atom. The molecule has 0 spiro atoms. The van der Waals surface area contributed by atoms with Crippen LogP contribution in [0.3, 0.4) is 0 Å². The lowest BCUT2D eigenvalue weighted by Crippen LogP contribution is -2.44. The molecule has 1 aliphatic rings. The quantitative estimate of drug-likeness (QED) is 0.659.